The minimum Gasteiger partial charge on any atom is -0.394 e. The van der Waals surface area contributed by atoms with Crippen molar-refractivity contribution >= 4 is 17.7 Å². The molecule has 1 heterocycles. The molecule has 0 atom stereocenters. The molecule has 1 aromatic rings. The Hall–Kier alpha value is -1.04. The van der Waals surface area contributed by atoms with Gasteiger partial charge in [-0.2, -0.15) is 11.8 Å². The predicted molar refractivity (Wildman–Crippen MR) is 85.5 cm³/mol. The van der Waals surface area contributed by atoms with Crippen molar-refractivity contribution in [1.82, 2.24) is 5.32 Å². The summed E-state index contributed by atoms with van der Waals surface area (Å²) in [5.41, 5.74) is 0.816. The lowest BCUT2D eigenvalue weighted by atomic mass is 9.91. The van der Waals surface area contributed by atoms with Gasteiger partial charge in [0.2, 0.25) is 5.91 Å². The topological polar surface area (TPSA) is 58.6 Å². The third kappa shape index (κ3) is 5.34. The second-order valence-corrected chi connectivity index (χ2v) is 6.49. The lowest BCUT2D eigenvalue weighted by molar-refractivity contribution is -0.122. The van der Waals surface area contributed by atoms with E-state index in [2.05, 4.69) is 17.4 Å². The fourth-order valence-electron chi connectivity index (χ4n) is 2.42. The van der Waals surface area contributed by atoms with Gasteiger partial charge in [0.15, 0.2) is 0 Å². The second kappa shape index (κ2) is 8.41. The van der Waals surface area contributed by atoms with Gasteiger partial charge < -0.3 is 15.2 Å². The molecule has 1 saturated heterocycles. The number of rotatable bonds is 7. The van der Waals surface area contributed by atoms with E-state index in [0.29, 0.717) is 31.8 Å². The van der Waals surface area contributed by atoms with Gasteiger partial charge in [0.1, 0.15) is 0 Å². The number of benzene rings is 1. The number of aryl methyl sites for hydroxylation is 1. The summed E-state index contributed by atoms with van der Waals surface area (Å²) in [6.07, 6.45) is 2.34. The molecule has 0 unspecified atom stereocenters. The minimum absolute atomic E-state index is 0.00371. The van der Waals surface area contributed by atoms with Gasteiger partial charge in [0.25, 0.3) is 0 Å². The lowest BCUT2D eigenvalue weighted by Gasteiger charge is -2.36. The average molecular weight is 309 g/mol. The highest BCUT2D eigenvalue weighted by molar-refractivity contribution is 7.99. The van der Waals surface area contributed by atoms with Gasteiger partial charge in [-0.05, 0) is 30.6 Å². The van der Waals surface area contributed by atoms with Crippen LogP contribution < -0.4 is 5.32 Å². The van der Waals surface area contributed by atoms with E-state index in [1.54, 1.807) is 11.8 Å². The predicted octanol–water partition coefficient (Wildman–Crippen LogP) is 1.62. The van der Waals surface area contributed by atoms with Crippen molar-refractivity contribution in [2.24, 2.45) is 0 Å². The Balaban J connectivity index is 1.67. The number of amides is 1. The van der Waals surface area contributed by atoms with E-state index < -0.39 is 5.54 Å². The fraction of sp³-hybridized carbons (Fsp3) is 0.562. The van der Waals surface area contributed by atoms with Gasteiger partial charge in [-0.25, -0.2) is 0 Å². The van der Waals surface area contributed by atoms with Crippen molar-refractivity contribution in [3.05, 3.63) is 35.9 Å². The van der Waals surface area contributed by atoms with Crippen molar-refractivity contribution in [3.8, 4) is 0 Å². The summed E-state index contributed by atoms with van der Waals surface area (Å²) in [4.78, 5) is 12.0. The Morgan fingerprint density at radius 3 is 2.67 bits per heavy atom. The van der Waals surface area contributed by atoms with Crippen LogP contribution in [0.4, 0.5) is 0 Å². The molecule has 1 aliphatic rings. The molecule has 2 rings (SSSR count). The van der Waals surface area contributed by atoms with E-state index in [1.165, 1.54) is 5.56 Å². The van der Waals surface area contributed by atoms with E-state index in [-0.39, 0.29) is 12.5 Å². The molecular weight excluding hydrogens is 286 g/mol. The van der Waals surface area contributed by atoms with E-state index in [9.17, 15) is 9.90 Å². The van der Waals surface area contributed by atoms with Crippen LogP contribution >= 0.6 is 11.8 Å². The van der Waals surface area contributed by atoms with Crippen LogP contribution in [0.3, 0.4) is 0 Å². The maximum absolute atomic E-state index is 12.0. The van der Waals surface area contributed by atoms with Crippen molar-refractivity contribution < 1.29 is 14.6 Å². The van der Waals surface area contributed by atoms with Gasteiger partial charge in [-0.1, -0.05) is 30.3 Å². The quantitative estimate of drug-likeness (QED) is 0.752. The Kier molecular flexibility index (Phi) is 6.54. The first-order valence-electron chi connectivity index (χ1n) is 7.35. The van der Waals surface area contributed by atoms with Crippen molar-refractivity contribution in [3.63, 3.8) is 0 Å². The largest absolute Gasteiger partial charge is 0.394 e. The number of ether oxygens (including phenoxy) is 1. The first kappa shape index (κ1) is 16.3. The zero-order valence-electron chi connectivity index (χ0n) is 12.2. The molecule has 1 fully saturated rings. The number of carbonyl (C=O) groups excluding carboxylic acids is 1. The Labute approximate surface area is 130 Å². The summed E-state index contributed by atoms with van der Waals surface area (Å²) < 4.78 is 5.29. The number of nitrogens with one attached hydrogen (secondary N) is 1. The van der Waals surface area contributed by atoms with Crippen LogP contribution in [0.2, 0.25) is 0 Å². The average Bonchev–Trinajstić information content (AvgIpc) is 2.53. The monoisotopic (exact) mass is 309 g/mol. The van der Waals surface area contributed by atoms with Crippen LogP contribution in [0.1, 0.15) is 18.4 Å². The zero-order valence-corrected chi connectivity index (χ0v) is 13.0. The summed E-state index contributed by atoms with van der Waals surface area (Å²) in [5, 5.41) is 12.5. The standard InChI is InChI=1S/C16H23NO3S/c18-13-16(7-9-20-10-8-16)17-15(19)12-21-11-6-14-4-2-1-3-5-14/h1-5,18H,6-13H2,(H,17,19). The van der Waals surface area contributed by atoms with Crippen molar-refractivity contribution in [2.45, 2.75) is 24.8 Å². The Bertz CT molecular complexity index is 432. The van der Waals surface area contributed by atoms with Crippen LogP contribution in [0.5, 0.6) is 0 Å². The molecule has 0 aliphatic carbocycles. The molecule has 0 bridgehead atoms. The highest BCUT2D eigenvalue weighted by Gasteiger charge is 2.33. The van der Waals surface area contributed by atoms with Gasteiger partial charge in [-0.3, -0.25) is 4.79 Å². The summed E-state index contributed by atoms with van der Waals surface area (Å²) in [7, 11) is 0. The van der Waals surface area contributed by atoms with Gasteiger partial charge in [-0.15, -0.1) is 0 Å². The molecular formula is C16H23NO3S. The molecule has 0 aromatic heterocycles. The maximum Gasteiger partial charge on any atom is 0.230 e. The smallest absolute Gasteiger partial charge is 0.230 e. The molecule has 1 amide bonds. The van der Waals surface area contributed by atoms with Crippen LogP contribution in [-0.4, -0.2) is 47.9 Å². The van der Waals surface area contributed by atoms with E-state index in [0.717, 1.165) is 12.2 Å². The number of hydrogen-bond donors (Lipinski definition) is 2. The molecule has 1 aliphatic heterocycles. The van der Waals surface area contributed by atoms with Crippen LogP contribution in [0, 0.1) is 0 Å². The van der Waals surface area contributed by atoms with Crippen molar-refractivity contribution in [1.29, 1.82) is 0 Å². The van der Waals surface area contributed by atoms with Crippen LogP contribution in [0.25, 0.3) is 0 Å². The molecule has 5 heteroatoms. The van der Waals surface area contributed by atoms with Crippen LogP contribution in [0.15, 0.2) is 30.3 Å². The molecule has 1 aromatic carbocycles. The first-order chi connectivity index (χ1) is 10.2. The Morgan fingerprint density at radius 2 is 2.00 bits per heavy atom. The van der Waals surface area contributed by atoms with Crippen molar-refractivity contribution in [2.75, 3.05) is 31.3 Å². The molecule has 0 radical (unpaired) electrons. The molecule has 21 heavy (non-hydrogen) atoms. The SMILES string of the molecule is O=C(CSCCc1ccccc1)NC1(CO)CCOCC1. The molecule has 4 nitrogen and oxygen atoms in total. The maximum atomic E-state index is 12.0. The van der Waals surface area contributed by atoms with Gasteiger partial charge >= 0.3 is 0 Å². The third-order valence-electron chi connectivity index (χ3n) is 3.77. The summed E-state index contributed by atoms with van der Waals surface area (Å²) >= 11 is 1.63. The summed E-state index contributed by atoms with van der Waals surface area (Å²) in [5.74, 6) is 1.37. The Morgan fingerprint density at radius 1 is 1.29 bits per heavy atom. The second-order valence-electron chi connectivity index (χ2n) is 5.39. The molecule has 2 N–H and O–H groups in total. The highest BCUT2D eigenvalue weighted by atomic mass is 32.2. The zero-order chi connectivity index (χ0) is 15.0. The van der Waals surface area contributed by atoms with E-state index in [4.69, 9.17) is 4.74 Å². The molecule has 0 saturated carbocycles. The van der Waals surface area contributed by atoms with Gasteiger partial charge in [0, 0.05) is 13.2 Å². The first-order valence-corrected chi connectivity index (χ1v) is 8.51. The normalized spacial score (nSPS) is 17.4. The minimum atomic E-state index is -0.477. The fourth-order valence-corrected chi connectivity index (χ4v) is 3.20. The number of carbonyl (C=O) groups is 1. The molecule has 116 valence electrons. The highest BCUT2D eigenvalue weighted by Crippen LogP contribution is 2.20. The molecule has 0 spiro atoms. The van der Waals surface area contributed by atoms with E-state index >= 15 is 0 Å². The third-order valence-corrected chi connectivity index (χ3v) is 4.73. The number of thioether (sulfide) groups is 1. The van der Waals surface area contributed by atoms with Gasteiger partial charge in [0.05, 0.1) is 17.9 Å². The van der Waals surface area contributed by atoms with E-state index in [1.807, 2.05) is 18.2 Å². The number of aliphatic hydroxyl groups is 1. The summed E-state index contributed by atoms with van der Waals surface area (Å²) in [6.45, 7) is 1.18. The number of aliphatic hydroxyl groups excluding tert-OH is 1. The lowest BCUT2D eigenvalue weighted by Crippen LogP contribution is -2.55. The number of hydrogen-bond acceptors (Lipinski definition) is 4. The van der Waals surface area contributed by atoms with Crippen LogP contribution in [-0.2, 0) is 16.0 Å². The summed E-state index contributed by atoms with van der Waals surface area (Å²) in [6, 6.07) is 10.3.